The van der Waals surface area contributed by atoms with Crippen LogP contribution in [0.25, 0.3) is 0 Å². The van der Waals surface area contributed by atoms with Gasteiger partial charge in [-0.1, -0.05) is 29.8 Å². The van der Waals surface area contributed by atoms with Crippen LogP contribution < -0.4 is 5.32 Å². The lowest BCUT2D eigenvalue weighted by Gasteiger charge is -2.18. The Balaban J connectivity index is 2.26. The third-order valence-electron chi connectivity index (χ3n) is 3.34. The van der Waals surface area contributed by atoms with Crippen LogP contribution in [0.1, 0.15) is 27.2 Å². The Morgan fingerprint density at radius 2 is 1.90 bits per heavy atom. The van der Waals surface area contributed by atoms with Crippen molar-refractivity contribution < 1.29 is 4.79 Å². The van der Waals surface area contributed by atoms with Gasteiger partial charge in [0.2, 0.25) is 5.91 Å². The molecule has 3 nitrogen and oxygen atoms in total. The molecular formula is C16H25BrN2OS. The lowest BCUT2D eigenvalue weighted by atomic mass is 10.3. The van der Waals surface area contributed by atoms with Gasteiger partial charge in [-0.25, -0.2) is 0 Å². The van der Waals surface area contributed by atoms with E-state index in [-0.39, 0.29) is 11.2 Å². The van der Waals surface area contributed by atoms with Gasteiger partial charge in [-0.05, 0) is 57.2 Å². The van der Waals surface area contributed by atoms with Crippen LogP contribution in [0.15, 0.2) is 33.6 Å². The van der Waals surface area contributed by atoms with Crippen molar-refractivity contribution in [2.24, 2.45) is 0 Å². The van der Waals surface area contributed by atoms with Crippen LogP contribution in [0.2, 0.25) is 0 Å². The second kappa shape index (κ2) is 10.2. The zero-order valence-corrected chi connectivity index (χ0v) is 15.5. The Kier molecular flexibility index (Phi) is 9.04. The number of benzene rings is 1. The summed E-state index contributed by atoms with van der Waals surface area (Å²) in [5, 5.41) is 2.95. The van der Waals surface area contributed by atoms with Gasteiger partial charge in [0.15, 0.2) is 0 Å². The molecule has 0 aliphatic carbocycles. The summed E-state index contributed by atoms with van der Waals surface area (Å²) in [6.45, 7) is 10.2. The van der Waals surface area contributed by atoms with Crippen LogP contribution >= 0.6 is 27.7 Å². The Labute approximate surface area is 141 Å². The van der Waals surface area contributed by atoms with E-state index in [0.717, 1.165) is 42.0 Å². The molecule has 0 heterocycles. The minimum Gasteiger partial charge on any atom is -0.355 e. The fraction of sp³-hybridized carbons (Fsp3) is 0.562. The second-order valence-corrected chi connectivity index (χ2v) is 7.22. The Morgan fingerprint density at radius 3 is 2.48 bits per heavy atom. The molecule has 118 valence electrons. The van der Waals surface area contributed by atoms with Crippen molar-refractivity contribution in [3.8, 4) is 0 Å². The standard InChI is InChI=1S/C16H25BrN2OS/c1-4-19(5-2)12-6-11-18-16(20)13(3)21-15-9-7-14(17)8-10-15/h7-10,13H,4-6,11-12H2,1-3H3,(H,18,20). The monoisotopic (exact) mass is 372 g/mol. The predicted octanol–water partition coefficient (Wildman–Crippen LogP) is 3.78. The predicted molar refractivity (Wildman–Crippen MR) is 94.9 cm³/mol. The first kappa shape index (κ1) is 18.5. The van der Waals surface area contributed by atoms with Gasteiger partial charge in [-0.2, -0.15) is 0 Å². The minimum absolute atomic E-state index is 0.0698. The fourth-order valence-electron chi connectivity index (χ4n) is 1.97. The molecule has 1 atom stereocenters. The zero-order valence-electron chi connectivity index (χ0n) is 13.1. The van der Waals surface area contributed by atoms with Crippen molar-refractivity contribution in [1.82, 2.24) is 10.2 Å². The highest BCUT2D eigenvalue weighted by molar-refractivity contribution is 9.10. The molecule has 0 saturated heterocycles. The third kappa shape index (κ3) is 7.34. The largest absolute Gasteiger partial charge is 0.355 e. The first-order valence-corrected chi connectivity index (χ1v) is 9.16. The SMILES string of the molecule is CCN(CC)CCCNC(=O)C(C)Sc1ccc(Br)cc1. The maximum Gasteiger partial charge on any atom is 0.233 e. The van der Waals surface area contributed by atoms with Crippen molar-refractivity contribution in [2.75, 3.05) is 26.2 Å². The van der Waals surface area contributed by atoms with Crippen LogP contribution in [0, 0.1) is 0 Å². The molecule has 5 heteroatoms. The average molecular weight is 373 g/mol. The maximum absolute atomic E-state index is 12.0. The molecule has 1 amide bonds. The van der Waals surface area contributed by atoms with E-state index >= 15 is 0 Å². The molecule has 0 aliphatic rings. The van der Waals surface area contributed by atoms with Crippen LogP contribution in [0.4, 0.5) is 0 Å². The molecule has 1 rings (SSSR count). The van der Waals surface area contributed by atoms with Gasteiger partial charge in [0.1, 0.15) is 0 Å². The lowest BCUT2D eigenvalue weighted by molar-refractivity contribution is -0.120. The third-order valence-corrected chi connectivity index (χ3v) is 4.98. The molecule has 0 aliphatic heterocycles. The average Bonchev–Trinajstić information content (AvgIpc) is 2.49. The van der Waals surface area contributed by atoms with E-state index in [1.54, 1.807) is 11.8 Å². The van der Waals surface area contributed by atoms with E-state index in [0.29, 0.717) is 0 Å². The lowest BCUT2D eigenvalue weighted by Crippen LogP contribution is -2.33. The van der Waals surface area contributed by atoms with Gasteiger partial charge >= 0.3 is 0 Å². The number of rotatable bonds is 9. The summed E-state index contributed by atoms with van der Waals surface area (Å²) < 4.78 is 1.06. The van der Waals surface area contributed by atoms with E-state index in [9.17, 15) is 4.79 Å². The number of amides is 1. The topological polar surface area (TPSA) is 32.3 Å². The van der Waals surface area contributed by atoms with Crippen LogP contribution in [0.3, 0.4) is 0 Å². The van der Waals surface area contributed by atoms with Crippen molar-refractivity contribution in [3.63, 3.8) is 0 Å². The maximum atomic E-state index is 12.0. The molecule has 0 saturated carbocycles. The van der Waals surface area contributed by atoms with E-state index in [1.807, 2.05) is 31.2 Å². The first-order valence-electron chi connectivity index (χ1n) is 7.49. The number of carbonyl (C=O) groups is 1. The molecule has 1 unspecified atom stereocenters. The quantitative estimate of drug-likeness (QED) is 0.528. The normalized spacial score (nSPS) is 12.4. The number of halogens is 1. The smallest absolute Gasteiger partial charge is 0.233 e. The summed E-state index contributed by atoms with van der Waals surface area (Å²) in [4.78, 5) is 15.5. The molecule has 1 aromatic rings. The van der Waals surface area contributed by atoms with Gasteiger partial charge in [0.25, 0.3) is 0 Å². The Morgan fingerprint density at radius 1 is 1.29 bits per heavy atom. The Hall–Kier alpha value is -0.520. The highest BCUT2D eigenvalue weighted by Crippen LogP contribution is 2.24. The van der Waals surface area contributed by atoms with E-state index < -0.39 is 0 Å². The van der Waals surface area contributed by atoms with Crippen LogP contribution in [-0.2, 0) is 4.79 Å². The van der Waals surface area contributed by atoms with Crippen molar-refractivity contribution in [1.29, 1.82) is 0 Å². The molecule has 21 heavy (non-hydrogen) atoms. The molecule has 0 bridgehead atoms. The van der Waals surface area contributed by atoms with E-state index in [1.165, 1.54) is 0 Å². The minimum atomic E-state index is -0.0698. The summed E-state index contributed by atoms with van der Waals surface area (Å²) in [5.74, 6) is 0.113. The highest BCUT2D eigenvalue weighted by atomic mass is 79.9. The number of nitrogens with one attached hydrogen (secondary N) is 1. The van der Waals surface area contributed by atoms with Gasteiger partial charge in [-0.3, -0.25) is 4.79 Å². The number of hydrogen-bond acceptors (Lipinski definition) is 3. The van der Waals surface area contributed by atoms with Crippen molar-refractivity contribution in [2.45, 2.75) is 37.3 Å². The number of hydrogen-bond donors (Lipinski definition) is 1. The van der Waals surface area contributed by atoms with Gasteiger partial charge in [-0.15, -0.1) is 11.8 Å². The molecule has 1 aromatic carbocycles. The second-order valence-electron chi connectivity index (χ2n) is 4.89. The molecular weight excluding hydrogens is 348 g/mol. The van der Waals surface area contributed by atoms with Crippen molar-refractivity contribution >= 4 is 33.6 Å². The number of thioether (sulfide) groups is 1. The van der Waals surface area contributed by atoms with E-state index in [4.69, 9.17) is 0 Å². The fourth-order valence-corrected chi connectivity index (χ4v) is 3.12. The van der Waals surface area contributed by atoms with Crippen LogP contribution in [0.5, 0.6) is 0 Å². The summed E-state index contributed by atoms with van der Waals surface area (Å²) >= 11 is 5.00. The molecule has 0 radical (unpaired) electrons. The van der Waals surface area contributed by atoms with Gasteiger partial charge in [0.05, 0.1) is 5.25 Å². The first-order chi connectivity index (χ1) is 10.1. The van der Waals surface area contributed by atoms with Gasteiger partial charge in [0, 0.05) is 15.9 Å². The molecule has 0 aromatic heterocycles. The summed E-state index contributed by atoms with van der Waals surface area (Å²) in [7, 11) is 0. The van der Waals surface area contributed by atoms with E-state index in [2.05, 4.69) is 40.0 Å². The highest BCUT2D eigenvalue weighted by Gasteiger charge is 2.13. The van der Waals surface area contributed by atoms with Crippen LogP contribution in [-0.4, -0.2) is 42.2 Å². The molecule has 0 fully saturated rings. The summed E-state index contributed by atoms with van der Waals surface area (Å²) in [6, 6.07) is 8.05. The molecule has 1 N–H and O–H groups in total. The number of carbonyl (C=O) groups excluding carboxylic acids is 1. The molecule has 0 spiro atoms. The van der Waals surface area contributed by atoms with Crippen molar-refractivity contribution in [3.05, 3.63) is 28.7 Å². The summed E-state index contributed by atoms with van der Waals surface area (Å²) in [6.07, 6.45) is 1.00. The number of nitrogens with zero attached hydrogens (tertiary/aromatic N) is 1. The summed E-state index contributed by atoms with van der Waals surface area (Å²) in [5.41, 5.74) is 0. The Bertz CT molecular complexity index is 421. The van der Waals surface area contributed by atoms with Gasteiger partial charge < -0.3 is 10.2 Å². The zero-order chi connectivity index (χ0) is 15.7.